The number of benzene rings is 2. The van der Waals surface area contributed by atoms with Crippen molar-refractivity contribution in [3.8, 4) is 5.75 Å². The van der Waals surface area contributed by atoms with Crippen LogP contribution < -0.4 is 10.1 Å². The number of hydrogen-bond acceptors (Lipinski definition) is 3. The van der Waals surface area contributed by atoms with Crippen molar-refractivity contribution in [2.45, 2.75) is 24.7 Å². The standard InChI is InChI=1S/C22H22FN3O2/c1-26-18-5-3-2-4-17(18)25-20(26)8-10-24-21(27)16-13-22(16)9-11-28-19-7-6-14(23)12-15(19)22/h2-7,12,16H,8-11,13H2,1H3,(H,24,27)/t16-,22-/m1/s1. The van der Waals surface area contributed by atoms with Crippen LogP contribution in [0.15, 0.2) is 42.5 Å². The average Bonchev–Trinajstić information content (AvgIpc) is 3.33. The maximum Gasteiger partial charge on any atom is 0.224 e. The Morgan fingerprint density at radius 1 is 1.36 bits per heavy atom. The van der Waals surface area contributed by atoms with Gasteiger partial charge in [-0.15, -0.1) is 0 Å². The molecule has 1 aliphatic carbocycles. The number of ether oxygens (including phenoxy) is 1. The van der Waals surface area contributed by atoms with Crippen LogP contribution in [0.3, 0.4) is 0 Å². The van der Waals surface area contributed by atoms with E-state index in [2.05, 4.69) is 14.9 Å². The molecule has 144 valence electrons. The number of para-hydroxylation sites is 2. The van der Waals surface area contributed by atoms with Crippen molar-refractivity contribution < 1.29 is 13.9 Å². The fourth-order valence-electron chi connectivity index (χ4n) is 4.56. The molecule has 0 unspecified atom stereocenters. The van der Waals surface area contributed by atoms with Gasteiger partial charge in [0.25, 0.3) is 0 Å². The number of fused-ring (bicyclic) bond motifs is 3. The minimum Gasteiger partial charge on any atom is -0.493 e. The number of carbonyl (C=O) groups excluding carboxylic acids is 1. The number of aromatic nitrogens is 2. The first-order valence-corrected chi connectivity index (χ1v) is 9.69. The number of hydrogen-bond donors (Lipinski definition) is 1. The van der Waals surface area contributed by atoms with Crippen molar-refractivity contribution in [2.24, 2.45) is 13.0 Å². The molecule has 0 radical (unpaired) electrons. The van der Waals surface area contributed by atoms with Crippen LogP contribution in [-0.4, -0.2) is 28.6 Å². The van der Waals surface area contributed by atoms with E-state index in [0.29, 0.717) is 25.3 Å². The number of carbonyl (C=O) groups is 1. The van der Waals surface area contributed by atoms with E-state index in [9.17, 15) is 9.18 Å². The lowest BCUT2D eigenvalue weighted by Crippen LogP contribution is -2.32. The third kappa shape index (κ3) is 2.66. The first-order valence-electron chi connectivity index (χ1n) is 9.69. The lowest BCUT2D eigenvalue weighted by Gasteiger charge is -2.26. The summed E-state index contributed by atoms with van der Waals surface area (Å²) in [6.45, 7) is 1.11. The third-order valence-electron chi connectivity index (χ3n) is 6.20. The molecular formula is C22H22FN3O2. The predicted octanol–water partition coefficient (Wildman–Crippen LogP) is 3.11. The van der Waals surface area contributed by atoms with Crippen LogP contribution in [0.2, 0.25) is 0 Å². The average molecular weight is 379 g/mol. The molecule has 0 saturated heterocycles. The Balaban J connectivity index is 1.26. The van der Waals surface area contributed by atoms with Gasteiger partial charge in [-0.3, -0.25) is 4.79 Å². The second-order valence-electron chi connectivity index (χ2n) is 7.77. The van der Waals surface area contributed by atoms with Gasteiger partial charge in [0, 0.05) is 36.9 Å². The van der Waals surface area contributed by atoms with Crippen LogP contribution >= 0.6 is 0 Å². The Labute approximate surface area is 162 Å². The molecule has 5 nitrogen and oxygen atoms in total. The Bertz CT molecular complexity index is 1080. The monoisotopic (exact) mass is 379 g/mol. The molecule has 1 aliphatic heterocycles. The summed E-state index contributed by atoms with van der Waals surface area (Å²) in [5.41, 5.74) is 2.63. The van der Waals surface area contributed by atoms with Gasteiger partial charge >= 0.3 is 0 Å². The van der Waals surface area contributed by atoms with E-state index in [4.69, 9.17) is 4.74 Å². The summed E-state index contributed by atoms with van der Waals surface area (Å²) >= 11 is 0. The lowest BCUT2D eigenvalue weighted by molar-refractivity contribution is -0.122. The zero-order chi connectivity index (χ0) is 19.3. The molecule has 2 aromatic carbocycles. The molecule has 5 rings (SSSR count). The number of halogens is 1. The largest absolute Gasteiger partial charge is 0.493 e. The summed E-state index contributed by atoms with van der Waals surface area (Å²) in [6.07, 6.45) is 2.18. The van der Waals surface area contributed by atoms with Crippen LogP contribution in [0.25, 0.3) is 11.0 Å². The fraction of sp³-hybridized carbons (Fsp3) is 0.364. The van der Waals surface area contributed by atoms with Gasteiger partial charge in [-0.2, -0.15) is 0 Å². The zero-order valence-corrected chi connectivity index (χ0v) is 15.7. The molecular weight excluding hydrogens is 357 g/mol. The first kappa shape index (κ1) is 17.2. The quantitative estimate of drug-likeness (QED) is 0.758. The van der Waals surface area contributed by atoms with Gasteiger partial charge in [0.05, 0.1) is 17.6 Å². The fourth-order valence-corrected chi connectivity index (χ4v) is 4.56. The van der Waals surface area contributed by atoms with Gasteiger partial charge in [0.2, 0.25) is 5.91 Å². The van der Waals surface area contributed by atoms with Crippen molar-refractivity contribution in [2.75, 3.05) is 13.2 Å². The molecule has 2 heterocycles. The van der Waals surface area contributed by atoms with Crippen molar-refractivity contribution in [3.63, 3.8) is 0 Å². The van der Waals surface area contributed by atoms with Crippen LogP contribution in [-0.2, 0) is 23.7 Å². The summed E-state index contributed by atoms with van der Waals surface area (Å²) in [6, 6.07) is 12.6. The molecule has 1 spiro atoms. The summed E-state index contributed by atoms with van der Waals surface area (Å²) < 4.78 is 21.5. The Kier molecular flexibility index (Phi) is 3.89. The maximum atomic E-state index is 13.7. The molecule has 2 atom stereocenters. The minimum atomic E-state index is -0.281. The summed E-state index contributed by atoms with van der Waals surface area (Å²) in [7, 11) is 2.00. The van der Waals surface area contributed by atoms with Crippen LogP contribution in [0.1, 0.15) is 24.2 Å². The molecule has 1 saturated carbocycles. The van der Waals surface area contributed by atoms with Crippen LogP contribution in [0.4, 0.5) is 4.39 Å². The second-order valence-corrected chi connectivity index (χ2v) is 7.77. The topological polar surface area (TPSA) is 56.2 Å². The molecule has 2 aliphatic rings. The Morgan fingerprint density at radius 3 is 3.07 bits per heavy atom. The van der Waals surface area contributed by atoms with E-state index >= 15 is 0 Å². The van der Waals surface area contributed by atoms with Gasteiger partial charge in [0.15, 0.2) is 0 Å². The second kappa shape index (κ2) is 6.33. The Morgan fingerprint density at radius 2 is 2.21 bits per heavy atom. The molecule has 1 N–H and O–H groups in total. The van der Waals surface area contributed by atoms with E-state index in [-0.39, 0.29) is 23.1 Å². The number of rotatable bonds is 4. The van der Waals surface area contributed by atoms with Gasteiger partial charge in [-0.1, -0.05) is 12.1 Å². The molecule has 3 aromatic rings. The van der Waals surface area contributed by atoms with Crippen molar-refractivity contribution in [1.29, 1.82) is 0 Å². The molecule has 6 heteroatoms. The zero-order valence-electron chi connectivity index (χ0n) is 15.7. The lowest BCUT2D eigenvalue weighted by atomic mass is 9.87. The highest BCUT2D eigenvalue weighted by atomic mass is 19.1. The summed E-state index contributed by atoms with van der Waals surface area (Å²) in [5.74, 6) is 1.30. The molecule has 1 aromatic heterocycles. The van der Waals surface area contributed by atoms with E-state index < -0.39 is 0 Å². The summed E-state index contributed by atoms with van der Waals surface area (Å²) in [4.78, 5) is 17.4. The first-order chi connectivity index (χ1) is 13.6. The van der Waals surface area contributed by atoms with Crippen molar-refractivity contribution in [1.82, 2.24) is 14.9 Å². The highest BCUT2D eigenvalue weighted by Crippen LogP contribution is 2.60. The molecule has 0 bridgehead atoms. The number of nitrogens with zero attached hydrogens (tertiary/aromatic N) is 2. The smallest absolute Gasteiger partial charge is 0.224 e. The van der Waals surface area contributed by atoms with Gasteiger partial charge in [-0.25, -0.2) is 9.37 Å². The van der Waals surface area contributed by atoms with Crippen molar-refractivity contribution in [3.05, 3.63) is 59.7 Å². The third-order valence-corrected chi connectivity index (χ3v) is 6.20. The minimum absolute atomic E-state index is 0.0378. The van der Waals surface area contributed by atoms with E-state index in [1.807, 2.05) is 31.3 Å². The van der Waals surface area contributed by atoms with Gasteiger partial charge < -0.3 is 14.6 Å². The molecule has 1 fully saturated rings. The van der Waals surface area contributed by atoms with Gasteiger partial charge in [0.1, 0.15) is 17.4 Å². The van der Waals surface area contributed by atoms with Crippen molar-refractivity contribution >= 4 is 16.9 Å². The highest BCUT2D eigenvalue weighted by molar-refractivity contribution is 5.85. The van der Waals surface area contributed by atoms with Crippen LogP contribution in [0.5, 0.6) is 5.75 Å². The number of aryl methyl sites for hydroxylation is 1. The summed E-state index contributed by atoms with van der Waals surface area (Å²) in [5, 5.41) is 3.05. The van der Waals surface area contributed by atoms with E-state index in [1.54, 1.807) is 6.07 Å². The predicted molar refractivity (Wildman–Crippen MR) is 104 cm³/mol. The van der Waals surface area contributed by atoms with Gasteiger partial charge in [-0.05, 0) is 43.2 Å². The Hall–Kier alpha value is -2.89. The maximum absolute atomic E-state index is 13.7. The number of nitrogens with one attached hydrogen (secondary N) is 1. The number of amides is 1. The molecule has 1 amide bonds. The van der Waals surface area contributed by atoms with E-state index in [0.717, 1.165) is 35.3 Å². The normalized spacial score (nSPS) is 22.7. The van der Waals surface area contributed by atoms with E-state index in [1.165, 1.54) is 12.1 Å². The SMILES string of the molecule is Cn1c(CCNC(=O)[C@H]2C[C@@]23CCOc2ccc(F)cc23)nc2ccccc21. The molecule has 28 heavy (non-hydrogen) atoms. The highest BCUT2D eigenvalue weighted by Gasteiger charge is 2.61. The van der Waals surface area contributed by atoms with Crippen LogP contribution in [0, 0.1) is 11.7 Å². The number of imidazole rings is 1.